The number of fused-ring (bicyclic) bond motifs is 1. The number of benzene rings is 4. The largest absolute Gasteiger partial charge is 0.493 e. The van der Waals surface area contributed by atoms with E-state index in [0.717, 1.165) is 55.2 Å². The van der Waals surface area contributed by atoms with Crippen LogP contribution in [0, 0.1) is 0 Å². The van der Waals surface area contributed by atoms with Crippen LogP contribution in [0.15, 0.2) is 132 Å². The molecule has 0 fully saturated rings. The molecule has 274 valence electrons. The second-order valence-electron chi connectivity index (χ2n) is 13.3. The van der Waals surface area contributed by atoms with Gasteiger partial charge in [-0.15, -0.1) is 0 Å². The number of amides is 1. The molecule has 0 aromatic heterocycles. The Kier molecular flexibility index (Phi) is 13.9. The van der Waals surface area contributed by atoms with Crippen LogP contribution in [0.1, 0.15) is 74.2 Å². The number of carbonyl (C=O) groups is 1. The van der Waals surface area contributed by atoms with Crippen LogP contribution in [-0.4, -0.2) is 44.9 Å². The van der Waals surface area contributed by atoms with Gasteiger partial charge in [0.15, 0.2) is 11.5 Å². The maximum absolute atomic E-state index is 15.0. The summed E-state index contributed by atoms with van der Waals surface area (Å²) in [5.41, 5.74) is 5.39. The highest BCUT2D eigenvalue weighted by molar-refractivity contribution is 7.89. The molecular formula is C44H52N2O5S. The summed E-state index contributed by atoms with van der Waals surface area (Å²) < 4.78 is 42.3. The van der Waals surface area contributed by atoms with Crippen LogP contribution in [0.5, 0.6) is 11.5 Å². The first-order valence-corrected chi connectivity index (χ1v) is 19.7. The van der Waals surface area contributed by atoms with Crippen molar-refractivity contribution in [3.05, 3.63) is 149 Å². The quantitative estimate of drug-likeness (QED) is 0.110. The van der Waals surface area contributed by atoms with E-state index in [2.05, 4.69) is 54.7 Å². The normalized spacial score (nSPS) is 17.0. The Morgan fingerprint density at radius 1 is 0.846 bits per heavy atom. The lowest BCUT2D eigenvalue weighted by atomic mass is 9.86. The third-order valence-electron chi connectivity index (χ3n) is 9.92. The highest BCUT2D eigenvalue weighted by Crippen LogP contribution is 2.41. The van der Waals surface area contributed by atoms with Gasteiger partial charge in [0.25, 0.3) is 0 Å². The van der Waals surface area contributed by atoms with E-state index in [0.29, 0.717) is 17.9 Å². The van der Waals surface area contributed by atoms with Crippen LogP contribution in [0.25, 0.3) is 0 Å². The molecule has 4 aromatic rings. The van der Waals surface area contributed by atoms with Gasteiger partial charge in [-0.2, -0.15) is 4.31 Å². The predicted molar refractivity (Wildman–Crippen MR) is 209 cm³/mol. The van der Waals surface area contributed by atoms with Gasteiger partial charge in [-0.25, -0.2) is 8.42 Å². The molecule has 3 unspecified atom stereocenters. The molecular weight excluding hydrogens is 669 g/mol. The second kappa shape index (κ2) is 18.7. The zero-order valence-electron chi connectivity index (χ0n) is 30.8. The molecule has 0 saturated carbocycles. The van der Waals surface area contributed by atoms with E-state index < -0.39 is 22.1 Å². The van der Waals surface area contributed by atoms with Crippen molar-refractivity contribution < 1.29 is 22.7 Å². The maximum Gasteiger partial charge on any atom is 0.244 e. The minimum atomic E-state index is -4.23. The van der Waals surface area contributed by atoms with E-state index in [-0.39, 0.29) is 23.3 Å². The number of hydrogen-bond acceptors (Lipinski definition) is 5. The van der Waals surface area contributed by atoms with Crippen molar-refractivity contribution >= 4 is 15.9 Å². The molecule has 1 aliphatic heterocycles. The Bertz CT molecular complexity index is 1920. The van der Waals surface area contributed by atoms with Gasteiger partial charge in [-0.1, -0.05) is 109 Å². The molecule has 8 heteroatoms. The van der Waals surface area contributed by atoms with E-state index >= 15 is 0 Å². The maximum atomic E-state index is 15.0. The summed E-state index contributed by atoms with van der Waals surface area (Å²) in [6.45, 7) is 4.07. The number of hydrogen-bond donors (Lipinski definition) is 1. The number of carbonyl (C=O) groups excluding carboxylic acids is 1. The van der Waals surface area contributed by atoms with Crippen molar-refractivity contribution in [2.24, 2.45) is 0 Å². The molecule has 52 heavy (non-hydrogen) atoms. The standard InChI is InChI=1S/C44H52N2O5S/c1-5-17-33(6-2)22-15-25-37(26-16-23-34-18-9-7-10-19-34)45-44(47)41-31-36-24-13-14-27-39(36)40(30-35-20-11-8-12-21-35)46(41)52(48,49)38-28-29-42(50-3)43(32-38)51-4/h5-14,17-21,24,27-29,32,37,40-41H,15-16,22-23,25-26,30-31H2,1-4H3,(H,45,47)/b17-5-,33-6+. The highest BCUT2D eigenvalue weighted by atomic mass is 32.2. The van der Waals surface area contributed by atoms with Crippen LogP contribution in [0.4, 0.5) is 0 Å². The lowest BCUT2D eigenvalue weighted by molar-refractivity contribution is -0.126. The number of rotatable bonds is 17. The zero-order valence-corrected chi connectivity index (χ0v) is 31.6. The van der Waals surface area contributed by atoms with Crippen LogP contribution >= 0.6 is 0 Å². The highest BCUT2D eigenvalue weighted by Gasteiger charge is 2.46. The van der Waals surface area contributed by atoms with Gasteiger partial charge < -0.3 is 14.8 Å². The van der Waals surface area contributed by atoms with Gasteiger partial charge in [0.1, 0.15) is 6.04 Å². The van der Waals surface area contributed by atoms with E-state index in [1.165, 1.54) is 41.8 Å². The second-order valence-corrected chi connectivity index (χ2v) is 15.2. The molecule has 1 amide bonds. The Labute approximate surface area is 310 Å². The molecule has 5 rings (SSSR count). The van der Waals surface area contributed by atoms with E-state index in [4.69, 9.17) is 9.47 Å². The third kappa shape index (κ3) is 9.60. The fraction of sp³-hybridized carbons (Fsp3) is 0.341. The molecule has 7 nitrogen and oxygen atoms in total. The summed E-state index contributed by atoms with van der Waals surface area (Å²) in [6, 6.07) is 31.1. The van der Waals surface area contributed by atoms with Crippen LogP contribution < -0.4 is 14.8 Å². The van der Waals surface area contributed by atoms with Crippen molar-refractivity contribution in [3.8, 4) is 11.5 Å². The van der Waals surface area contributed by atoms with Crippen molar-refractivity contribution in [1.29, 1.82) is 0 Å². The average molecular weight is 721 g/mol. The minimum Gasteiger partial charge on any atom is -0.493 e. The number of sulfonamides is 1. The molecule has 0 radical (unpaired) electrons. The van der Waals surface area contributed by atoms with Gasteiger partial charge >= 0.3 is 0 Å². The van der Waals surface area contributed by atoms with Gasteiger partial charge in [0, 0.05) is 12.1 Å². The lowest BCUT2D eigenvalue weighted by Crippen LogP contribution is -2.56. The fourth-order valence-corrected chi connectivity index (χ4v) is 9.02. The fourth-order valence-electron chi connectivity index (χ4n) is 7.25. The SMILES string of the molecule is C/C=C\C(=C/C)CCCC(CCCc1ccccc1)NC(=O)C1Cc2ccccc2C(Cc2ccccc2)N1S(=O)(=O)c1ccc(OC)c(OC)c1. The summed E-state index contributed by atoms with van der Waals surface area (Å²) in [5.74, 6) is 0.453. The van der Waals surface area contributed by atoms with Crippen LogP contribution in [-0.2, 0) is 34.1 Å². The number of nitrogens with zero attached hydrogens (tertiary/aromatic N) is 1. The Morgan fingerprint density at radius 2 is 1.50 bits per heavy atom. The number of aryl methyl sites for hydroxylation is 1. The van der Waals surface area contributed by atoms with Crippen molar-refractivity contribution in [2.45, 2.75) is 88.2 Å². The van der Waals surface area contributed by atoms with Crippen LogP contribution in [0.3, 0.4) is 0 Å². The molecule has 0 spiro atoms. The average Bonchev–Trinajstić information content (AvgIpc) is 3.17. The Hall–Kier alpha value is -4.66. The number of allylic oxidation sites excluding steroid dienone is 4. The van der Waals surface area contributed by atoms with Crippen molar-refractivity contribution in [3.63, 3.8) is 0 Å². The summed E-state index contributed by atoms with van der Waals surface area (Å²) in [6.07, 6.45) is 12.2. The summed E-state index contributed by atoms with van der Waals surface area (Å²) >= 11 is 0. The van der Waals surface area contributed by atoms with Gasteiger partial charge in [0.05, 0.1) is 25.2 Å². The topological polar surface area (TPSA) is 84.9 Å². The van der Waals surface area contributed by atoms with Crippen molar-refractivity contribution in [2.75, 3.05) is 14.2 Å². The van der Waals surface area contributed by atoms with Gasteiger partial charge in [0.2, 0.25) is 15.9 Å². The predicted octanol–water partition coefficient (Wildman–Crippen LogP) is 8.80. The number of ether oxygens (including phenoxy) is 2. The molecule has 1 N–H and O–H groups in total. The molecule has 4 aromatic carbocycles. The summed E-state index contributed by atoms with van der Waals surface area (Å²) in [7, 11) is -1.23. The molecule has 3 atom stereocenters. The number of nitrogens with one attached hydrogen (secondary N) is 1. The molecule has 0 bridgehead atoms. The zero-order chi connectivity index (χ0) is 36.9. The van der Waals surface area contributed by atoms with Crippen LogP contribution in [0.2, 0.25) is 0 Å². The Morgan fingerprint density at radius 3 is 2.17 bits per heavy atom. The monoisotopic (exact) mass is 720 g/mol. The summed E-state index contributed by atoms with van der Waals surface area (Å²) in [4.78, 5) is 14.8. The van der Waals surface area contributed by atoms with Gasteiger partial charge in [-0.05, 0) is 99.6 Å². The number of methoxy groups -OCH3 is 2. The molecule has 0 aliphatic carbocycles. The van der Waals surface area contributed by atoms with E-state index in [1.54, 1.807) is 6.07 Å². The Balaban J connectivity index is 1.51. The van der Waals surface area contributed by atoms with Crippen molar-refractivity contribution in [1.82, 2.24) is 9.62 Å². The summed E-state index contributed by atoms with van der Waals surface area (Å²) in [5, 5.41) is 3.38. The first-order valence-electron chi connectivity index (χ1n) is 18.3. The molecule has 1 aliphatic rings. The molecule has 0 saturated heterocycles. The first kappa shape index (κ1) is 38.6. The van der Waals surface area contributed by atoms with E-state index in [1.807, 2.05) is 67.6 Å². The molecule has 1 heterocycles. The first-order chi connectivity index (χ1) is 25.3. The van der Waals surface area contributed by atoms with E-state index in [9.17, 15) is 13.2 Å². The third-order valence-corrected chi connectivity index (χ3v) is 11.8. The minimum absolute atomic E-state index is 0.0441. The smallest absolute Gasteiger partial charge is 0.244 e. The lowest BCUT2D eigenvalue weighted by Gasteiger charge is -2.42. The van der Waals surface area contributed by atoms with Gasteiger partial charge in [-0.3, -0.25) is 4.79 Å².